The molecule has 0 aliphatic carbocycles. The average Bonchev–Trinajstić information content (AvgIpc) is 2.43. The number of anilines is 1. The first-order valence-corrected chi connectivity index (χ1v) is 6.24. The van der Waals surface area contributed by atoms with Crippen molar-refractivity contribution in [3.8, 4) is 0 Å². The number of rotatable bonds is 6. The Morgan fingerprint density at radius 1 is 1.32 bits per heavy atom. The summed E-state index contributed by atoms with van der Waals surface area (Å²) in [6.07, 6.45) is 0.968. The van der Waals surface area contributed by atoms with E-state index in [1.165, 1.54) is 0 Å². The Labute approximate surface area is 111 Å². The van der Waals surface area contributed by atoms with E-state index in [4.69, 9.17) is 5.11 Å². The first-order valence-electron chi connectivity index (χ1n) is 6.24. The number of aromatic nitrogens is 1. The molecule has 0 saturated carbocycles. The van der Waals surface area contributed by atoms with Gasteiger partial charge in [-0.3, -0.25) is 0 Å². The molecule has 0 atom stereocenters. The Morgan fingerprint density at radius 2 is 2.11 bits per heavy atom. The van der Waals surface area contributed by atoms with Gasteiger partial charge in [0.25, 0.3) is 0 Å². The Morgan fingerprint density at radius 3 is 2.84 bits per heavy atom. The summed E-state index contributed by atoms with van der Waals surface area (Å²) in [7, 11) is 1.91. The van der Waals surface area contributed by atoms with Crippen molar-refractivity contribution in [2.24, 2.45) is 0 Å². The second-order valence-corrected chi connectivity index (χ2v) is 4.26. The number of fused-ring (bicyclic) bond motifs is 1. The van der Waals surface area contributed by atoms with Gasteiger partial charge in [0, 0.05) is 17.6 Å². The van der Waals surface area contributed by atoms with Gasteiger partial charge in [-0.05, 0) is 32.1 Å². The Kier molecular flexibility index (Phi) is 4.30. The number of nitrogens with zero attached hydrogens (tertiary/aromatic N) is 1. The fourth-order valence-electron chi connectivity index (χ4n) is 1.92. The van der Waals surface area contributed by atoms with Gasteiger partial charge in [0.2, 0.25) is 0 Å². The van der Waals surface area contributed by atoms with E-state index in [0.717, 1.165) is 30.6 Å². The molecule has 3 N–H and O–H groups in total. The molecule has 0 fully saturated rings. The largest absolute Gasteiger partial charge is 0.477 e. The fourth-order valence-corrected chi connectivity index (χ4v) is 1.92. The molecule has 0 aliphatic heterocycles. The summed E-state index contributed by atoms with van der Waals surface area (Å²) in [4.78, 5) is 15.2. The number of benzene rings is 1. The van der Waals surface area contributed by atoms with Gasteiger partial charge in [-0.25, -0.2) is 9.78 Å². The summed E-state index contributed by atoms with van der Waals surface area (Å²) in [6, 6.07) is 9.12. The lowest BCUT2D eigenvalue weighted by Crippen LogP contribution is -2.13. The SMILES string of the molecule is CNCCCNc1cc(C(=O)O)nc2ccccc12. The predicted octanol–water partition coefficient (Wildman–Crippen LogP) is 1.95. The Bertz CT molecular complexity index is 584. The van der Waals surface area contributed by atoms with Gasteiger partial charge in [0.15, 0.2) is 5.69 Å². The quantitative estimate of drug-likeness (QED) is 0.691. The molecule has 19 heavy (non-hydrogen) atoms. The molecule has 2 aromatic rings. The zero-order valence-corrected chi connectivity index (χ0v) is 10.8. The summed E-state index contributed by atoms with van der Waals surface area (Å²) in [6.45, 7) is 1.70. The zero-order chi connectivity index (χ0) is 13.7. The number of carboxylic acid groups (broad SMARTS) is 1. The van der Waals surface area contributed by atoms with Crippen molar-refractivity contribution in [3.05, 3.63) is 36.0 Å². The third-order valence-electron chi connectivity index (χ3n) is 2.85. The van der Waals surface area contributed by atoms with E-state index in [1.807, 2.05) is 31.3 Å². The van der Waals surface area contributed by atoms with E-state index in [-0.39, 0.29) is 5.69 Å². The molecule has 1 heterocycles. The van der Waals surface area contributed by atoms with Crippen molar-refractivity contribution < 1.29 is 9.90 Å². The van der Waals surface area contributed by atoms with Crippen LogP contribution < -0.4 is 10.6 Å². The monoisotopic (exact) mass is 259 g/mol. The summed E-state index contributed by atoms with van der Waals surface area (Å²) in [5.74, 6) is -1.01. The van der Waals surface area contributed by atoms with Crippen molar-refractivity contribution in [1.29, 1.82) is 0 Å². The third-order valence-corrected chi connectivity index (χ3v) is 2.85. The average molecular weight is 259 g/mol. The number of hydrogen-bond acceptors (Lipinski definition) is 4. The molecular weight excluding hydrogens is 242 g/mol. The molecule has 0 amide bonds. The van der Waals surface area contributed by atoms with Gasteiger partial charge < -0.3 is 15.7 Å². The van der Waals surface area contributed by atoms with E-state index in [9.17, 15) is 4.79 Å². The number of para-hydroxylation sites is 1. The first-order chi connectivity index (χ1) is 9.22. The molecule has 0 saturated heterocycles. The van der Waals surface area contributed by atoms with Crippen molar-refractivity contribution in [1.82, 2.24) is 10.3 Å². The molecule has 100 valence electrons. The first kappa shape index (κ1) is 13.3. The van der Waals surface area contributed by atoms with Gasteiger partial charge in [0.05, 0.1) is 5.52 Å². The lowest BCUT2D eigenvalue weighted by molar-refractivity contribution is 0.0691. The molecule has 0 bridgehead atoms. The van der Waals surface area contributed by atoms with Gasteiger partial charge >= 0.3 is 5.97 Å². The maximum Gasteiger partial charge on any atom is 0.354 e. The molecular formula is C14H17N3O2. The summed E-state index contributed by atoms with van der Waals surface area (Å²) < 4.78 is 0. The Balaban J connectivity index is 2.31. The maximum absolute atomic E-state index is 11.1. The van der Waals surface area contributed by atoms with Gasteiger partial charge in [-0.2, -0.15) is 0 Å². The number of carbonyl (C=O) groups is 1. The number of nitrogens with one attached hydrogen (secondary N) is 2. The number of pyridine rings is 1. The molecule has 5 heteroatoms. The molecule has 2 rings (SSSR count). The van der Waals surface area contributed by atoms with Crippen molar-refractivity contribution in [3.63, 3.8) is 0 Å². The van der Waals surface area contributed by atoms with Crippen molar-refractivity contribution in [2.45, 2.75) is 6.42 Å². The number of hydrogen-bond donors (Lipinski definition) is 3. The topological polar surface area (TPSA) is 74.2 Å². The maximum atomic E-state index is 11.1. The van der Waals surface area contributed by atoms with Gasteiger partial charge in [-0.1, -0.05) is 18.2 Å². The van der Waals surface area contributed by atoms with Crippen LogP contribution in [-0.4, -0.2) is 36.2 Å². The van der Waals surface area contributed by atoms with Crippen LogP contribution in [0.15, 0.2) is 30.3 Å². The normalized spacial score (nSPS) is 10.6. The highest BCUT2D eigenvalue weighted by molar-refractivity contribution is 5.97. The van der Waals surface area contributed by atoms with Crippen molar-refractivity contribution in [2.75, 3.05) is 25.5 Å². The zero-order valence-electron chi connectivity index (χ0n) is 10.8. The molecule has 1 aromatic carbocycles. The van der Waals surface area contributed by atoms with Crippen LogP contribution in [0.1, 0.15) is 16.9 Å². The minimum absolute atomic E-state index is 0.0646. The fraction of sp³-hybridized carbons (Fsp3) is 0.286. The van der Waals surface area contributed by atoms with Crippen molar-refractivity contribution >= 4 is 22.6 Å². The van der Waals surface area contributed by atoms with Crippen LogP contribution in [-0.2, 0) is 0 Å². The van der Waals surface area contributed by atoms with Crippen LogP contribution in [0.4, 0.5) is 5.69 Å². The van der Waals surface area contributed by atoms with E-state index in [2.05, 4.69) is 15.6 Å². The summed E-state index contributed by atoms with van der Waals surface area (Å²) >= 11 is 0. The van der Waals surface area contributed by atoms with Crippen LogP contribution in [0.25, 0.3) is 10.9 Å². The van der Waals surface area contributed by atoms with Gasteiger partial charge in [0.1, 0.15) is 0 Å². The molecule has 0 unspecified atom stereocenters. The lowest BCUT2D eigenvalue weighted by atomic mass is 10.1. The highest BCUT2D eigenvalue weighted by atomic mass is 16.4. The molecule has 0 radical (unpaired) electrons. The second-order valence-electron chi connectivity index (χ2n) is 4.26. The van der Waals surface area contributed by atoms with Crippen LogP contribution in [0.3, 0.4) is 0 Å². The summed E-state index contributed by atoms with van der Waals surface area (Å²) in [5.41, 5.74) is 1.58. The standard InChI is InChI=1S/C14H17N3O2/c1-15-7-4-8-16-12-9-13(14(18)19)17-11-6-3-2-5-10(11)12/h2-3,5-6,9,15H,4,7-8H2,1H3,(H,16,17)(H,18,19). The predicted molar refractivity (Wildman–Crippen MR) is 75.7 cm³/mol. The summed E-state index contributed by atoms with van der Waals surface area (Å²) in [5, 5.41) is 16.4. The highest BCUT2D eigenvalue weighted by Crippen LogP contribution is 2.23. The Hall–Kier alpha value is -2.14. The third kappa shape index (κ3) is 3.20. The number of carboxylic acids is 1. The molecule has 0 spiro atoms. The second kappa shape index (κ2) is 6.15. The van der Waals surface area contributed by atoms with Gasteiger partial charge in [-0.15, -0.1) is 0 Å². The van der Waals surface area contributed by atoms with Crippen LogP contribution in [0.5, 0.6) is 0 Å². The lowest BCUT2D eigenvalue weighted by Gasteiger charge is -2.10. The smallest absolute Gasteiger partial charge is 0.354 e. The van der Waals surface area contributed by atoms with Crippen LogP contribution in [0.2, 0.25) is 0 Å². The highest BCUT2D eigenvalue weighted by Gasteiger charge is 2.10. The minimum Gasteiger partial charge on any atom is -0.477 e. The molecule has 0 aliphatic rings. The van der Waals surface area contributed by atoms with E-state index in [0.29, 0.717) is 5.52 Å². The van der Waals surface area contributed by atoms with E-state index >= 15 is 0 Å². The minimum atomic E-state index is -1.01. The van der Waals surface area contributed by atoms with E-state index < -0.39 is 5.97 Å². The molecule has 1 aromatic heterocycles. The molecule has 5 nitrogen and oxygen atoms in total. The van der Waals surface area contributed by atoms with Crippen LogP contribution in [0, 0.1) is 0 Å². The van der Waals surface area contributed by atoms with Crippen LogP contribution >= 0.6 is 0 Å². The van der Waals surface area contributed by atoms with E-state index in [1.54, 1.807) is 6.07 Å². The number of aromatic carboxylic acids is 1.